The van der Waals surface area contributed by atoms with Gasteiger partial charge in [-0.2, -0.15) is 0 Å². The summed E-state index contributed by atoms with van der Waals surface area (Å²) < 4.78 is 0.855. The number of carbonyl (C=O) groups excluding carboxylic acids is 1. The zero-order chi connectivity index (χ0) is 15.2. The topological polar surface area (TPSA) is 54.0 Å². The van der Waals surface area contributed by atoms with Crippen molar-refractivity contribution in [2.24, 2.45) is 0 Å². The van der Waals surface area contributed by atoms with E-state index in [0.717, 1.165) is 28.7 Å². The number of carbonyl (C=O) groups is 1. The molecule has 0 spiro atoms. The Bertz CT molecular complexity index is 643. The van der Waals surface area contributed by atoms with Gasteiger partial charge in [0.15, 0.2) is 0 Å². The summed E-state index contributed by atoms with van der Waals surface area (Å²) in [5.41, 5.74) is 2.38. The van der Waals surface area contributed by atoms with Crippen molar-refractivity contribution in [3.8, 4) is 0 Å². The molecule has 0 aliphatic heterocycles. The number of nitrogens with zero attached hydrogens (tertiary/aromatic N) is 1. The SMILES string of the molecule is CCCNc1ncccc1C(=O)Nc1cc(C)ccc1Br. The van der Waals surface area contributed by atoms with Crippen molar-refractivity contribution in [2.75, 3.05) is 17.2 Å². The third-order valence-corrected chi connectivity index (χ3v) is 3.66. The summed E-state index contributed by atoms with van der Waals surface area (Å²) in [6, 6.07) is 9.36. The van der Waals surface area contributed by atoms with Crippen molar-refractivity contribution < 1.29 is 4.79 Å². The van der Waals surface area contributed by atoms with Crippen LogP contribution >= 0.6 is 15.9 Å². The normalized spacial score (nSPS) is 10.2. The molecule has 0 aliphatic carbocycles. The van der Waals surface area contributed by atoms with E-state index in [9.17, 15) is 4.79 Å². The molecule has 4 nitrogen and oxygen atoms in total. The molecule has 21 heavy (non-hydrogen) atoms. The highest BCUT2D eigenvalue weighted by Gasteiger charge is 2.13. The summed E-state index contributed by atoms with van der Waals surface area (Å²) in [6.45, 7) is 4.84. The van der Waals surface area contributed by atoms with Crippen LogP contribution in [0.4, 0.5) is 11.5 Å². The molecule has 1 aromatic heterocycles. The number of aromatic nitrogens is 1. The second-order valence-corrected chi connectivity index (χ2v) is 5.62. The van der Waals surface area contributed by atoms with Crippen LogP contribution in [0, 0.1) is 6.92 Å². The van der Waals surface area contributed by atoms with Crippen molar-refractivity contribution in [1.82, 2.24) is 4.98 Å². The van der Waals surface area contributed by atoms with Gasteiger partial charge in [0.2, 0.25) is 0 Å². The van der Waals surface area contributed by atoms with Crippen LogP contribution in [0.2, 0.25) is 0 Å². The summed E-state index contributed by atoms with van der Waals surface area (Å²) in [6.07, 6.45) is 2.65. The summed E-state index contributed by atoms with van der Waals surface area (Å²) >= 11 is 3.45. The molecule has 0 aliphatic rings. The van der Waals surface area contributed by atoms with Gasteiger partial charge in [-0.15, -0.1) is 0 Å². The van der Waals surface area contributed by atoms with Crippen molar-refractivity contribution in [3.63, 3.8) is 0 Å². The van der Waals surface area contributed by atoms with Gasteiger partial charge in [-0.3, -0.25) is 4.79 Å². The average Bonchev–Trinajstić information content (AvgIpc) is 2.49. The molecular formula is C16H18BrN3O. The lowest BCUT2D eigenvalue weighted by Crippen LogP contribution is -2.16. The highest BCUT2D eigenvalue weighted by Crippen LogP contribution is 2.24. The van der Waals surface area contributed by atoms with E-state index in [1.807, 2.05) is 25.1 Å². The molecule has 0 bridgehead atoms. The predicted octanol–water partition coefficient (Wildman–Crippen LogP) is 4.23. The van der Waals surface area contributed by atoms with Gasteiger partial charge in [0.25, 0.3) is 5.91 Å². The van der Waals surface area contributed by atoms with Gasteiger partial charge in [0.1, 0.15) is 5.82 Å². The fourth-order valence-corrected chi connectivity index (χ4v) is 2.24. The maximum absolute atomic E-state index is 12.4. The first-order valence-corrected chi connectivity index (χ1v) is 7.67. The largest absolute Gasteiger partial charge is 0.369 e. The van der Waals surface area contributed by atoms with Crippen molar-refractivity contribution in [3.05, 3.63) is 52.1 Å². The molecule has 0 saturated carbocycles. The average molecular weight is 348 g/mol. The molecule has 0 radical (unpaired) electrons. The van der Waals surface area contributed by atoms with Crippen LogP contribution < -0.4 is 10.6 Å². The van der Waals surface area contributed by atoms with Gasteiger partial charge in [-0.1, -0.05) is 13.0 Å². The van der Waals surface area contributed by atoms with Gasteiger partial charge in [-0.05, 0) is 59.1 Å². The third-order valence-electron chi connectivity index (χ3n) is 2.96. The minimum Gasteiger partial charge on any atom is -0.369 e. The number of halogens is 1. The minimum atomic E-state index is -0.173. The molecule has 0 unspecified atom stereocenters. The van der Waals surface area contributed by atoms with Crippen LogP contribution in [0.25, 0.3) is 0 Å². The number of benzene rings is 1. The van der Waals surface area contributed by atoms with Gasteiger partial charge in [-0.25, -0.2) is 4.98 Å². The molecule has 110 valence electrons. The fourth-order valence-electron chi connectivity index (χ4n) is 1.90. The Morgan fingerprint density at radius 2 is 2.14 bits per heavy atom. The summed E-state index contributed by atoms with van der Waals surface area (Å²) in [5, 5.41) is 6.09. The molecule has 1 heterocycles. The maximum Gasteiger partial charge on any atom is 0.259 e. The number of nitrogens with one attached hydrogen (secondary N) is 2. The Morgan fingerprint density at radius 3 is 2.90 bits per heavy atom. The molecule has 1 aromatic carbocycles. The summed E-state index contributed by atoms with van der Waals surface area (Å²) in [7, 11) is 0. The van der Waals surface area contributed by atoms with E-state index < -0.39 is 0 Å². The number of aryl methyl sites for hydroxylation is 1. The first kappa shape index (κ1) is 15.5. The quantitative estimate of drug-likeness (QED) is 0.850. The van der Waals surface area contributed by atoms with E-state index in [4.69, 9.17) is 0 Å². The maximum atomic E-state index is 12.4. The first-order chi connectivity index (χ1) is 10.1. The number of amides is 1. The van der Waals surface area contributed by atoms with Crippen LogP contribution in [-0.4, -0.2) is 17.4 Å². The van der Waals surface area contributed by atoms with Crippen LogP contribution in [-0.2, 0) is 0 Å². The summed E-state index contributed by atoms with van der Waals surface area (Å²) in [4.78, 5) is 16.7. The molecule has 0 saturated heterocycles. The Morgan fingerprint density at radius 1 is 1.33 bits per heavy atom. The van der Waals surface area contributed by atoms with Crippen LogP contribution in [0.5, 0.6) is 0 Å². The van der Waals surface area contributed by atoms with Crippen molar-refractivity contribution >= 4 is 33.3 Å². The lowest BCUT2D eigenvalue weighted by Gasteiger charge is -2.12. The predicted molar refractivity (Wildman–Crippen MR) is 89.8 cm³/mol. The van der Waals surface area contributed by atoms with Crippen molar-refractivity contribution in [1.29, 1.82) is 0 Å². The van der Waals surface area contributed by atoms with Gasteiger partial charge >= 0.3 is 0 Å². The van der Waals surface area contributed by atoms with Gasteiger partial charge in [0.05, 0.1) is 11.3 Å². The molecule has 2 rings (SSSR count). The van der Waals surface area contributed by atoms with E-state index in [-0.39, 0.29) is 5.91 Å². The number of hydrogen-bond acceptors (Lipinski definition) is 3. The Labute approximate surface area is 133 Å². The second kappa shape index (κ2) is 7.22. The van der Waals surface area contributed by atoms with E-state index in [2.05, 4.69) is 38.5 Å². The molecule has 1 amide bonds. The first-order valence-electron chi connectivity index (χ1n) is 6.88. The fraction of sp³-hybridized carbons (Fsp3) is 0.250. The van der Waals surface area contributed by atoms with Gasteiger partial charge < -0.3 is 10.6 Å². The zero-order valence-electron chi connectivity index (χ0n) is 12.1. The lowest BCUT2D eigenvalue weighted by atomic mass is 10.2. The lowest BCUT2D eigenvalue weighted by molar-refractivity contribution is 0.102. The Balaban J connectivity index is 2.22. The van der Waals surface area contributed by atoms with Crippen molar-refractivity contribution in [2.45, 2.75) is 20.3 Å². The molecule has 0 fully saturated rings. The highest BCUT2D eigenvalue weighted by molar-refractivity contribution is 9.10. The van der Waals surface area contributed by atoms with E-state index >= 15 is 0 Å². The Hall–Kier alpha value is -1.88. The van der Waals surface area contributed by atoms with Crippen LogP contribution in [0.3, 0.4) is 0 Å². The van der Waals surface area contributed by atoms with Crippen LogP contribution in [0.1, 0.15) is 29.3 Å². The monoisotopic (exact) mass is 347 g/mol. The second-order valence-electron chi connectivity index (χ2n) is 4.76. The molecule has 5 heteroatoms. The van der Waals surface area contributed by atoms with E-state index in [1.54, 1.807) is 18.3 Å². The third kappa shape index (κ3) is 4.04. The number of pyridine rings is 1. The highest BCUT2D eigenvalue weighted by atomic mass is 79.9. The molecule has 2 aromatic rings. The number of anilines is 2. The van der Waals surface area contributed by atoms with E-state index in [0.29, 0.717) is 11.4 Å². The van der Waals surface area contributed by atoms with E-state index in [1.165, 1.54) is 0 Å². The molecule has 2 N–H and O–H groups in total. The number of hydrogen-bond donors (Lipinski definition) is 2. The Kier molecular flexibility index (Phi) is 5.33. The summed E-state index contributed by atoms with van der Waals surface area (Å²) in [5.74, 6) is 0.439. The molecular weight excluding hydrogens is 330 g/mol. The van der Waals surface area contributed by atoms with Crippen LogP contribution in [0.15, 0.2) is 41.0 Å². The smallest absolute Gasteiger partial charge is 0.259 e. The number of rotatable bonds is 5. The zero-order valence-corrected chi connectivity index (χ0v) is 13.7. The van der Waals surface area contributed by atoms with Gasteiger partial charge in [0, 0.05) is 17.2 Å². The standard InChI is InChI=1S/C16H18BrN3O/c1-3-8-18-15-12(5-4-9-19-15)16(21)20-14-10-11(2)6-7-13(14)17/h4-7,9-10H,3,8H2,1-2H3,(H,18,19)(H,20,21). The molecule has 0 atom stereocenters. The minimum absolute atomic E-state index is 0.173.